The van der Waals surface area contributed by atoms with Crippen LogP contribution in [0.1, 0.15) is 16.1 Å². The lowest BCUT2D eigenvalue weighted by molar-refractivity contribution is 0.0468. The molecule has 0 fully saturated rings. The van der Waals surface area contributed by atoms with Crippen LogP contribution in [0.4, 0.5) is 4.39 Å². The number of nitrogens with zero attached hydrogens (tertiary/aromatic N) is 2. The summed E-state index contributed by atoms with van der Waals surface area (Å²) in [6.07, 6.45) is 0. The molecule has 0 bridgehead atoms. The lowest BCUT2D eigenvalue weighted by atomic mass is 10.1. The molecule has 5 rings (SSSR count). The topological polar surface area (TPSA) is 94.0 Å². The van der Waals surface area contributed by atoms with E-state index in [9.17, 15) is 18.8 Å². The van der Waals surface area contributed by atoms with E-state index < -0.39 is 17.2 Å². The molecule has 0 unspecified atom stereocenters. The van der Waals surface area contributed by atoms with Crippen LogP contribution < -0.4 is 11.2 Å². The number of hydrogen-bond acceptors (Lipinski definition) is 6. The average molecular weight is 473 g/mol. The van der Waals surface area contributed by atoms with Gasteiger partial charge in [-0.1, -0.05) is 18.2 Å². The summed E-state index contributed by atoms with van der Waals surface area (Å²) in [5.41, 5.74) is 1.10. The Kier molecular flexibility index (Phi) is 5.60. The zero-order valence-corrected chi connectivity index (χ0v) is 18.3. The van der Waals surface area contributed by atoms with E-state index in [1.165, 1.54) is 41.7 Å². The highest BCUT2D eigenvalue weighted by atomic mass is 32.1. The third kappa shape index (κ3) is 4.16. The van der Waals surface area contributed by atoms with Gasteiger partial charge in [-0.15, -0.1) is 11.3 Å². The lowest BCUT2D eigenvalue weighted by Crippen LogP contribution is -2.33. The van der Waals surface area contributed by atoms with E-state index in [4.69, 9.17) is 4.74 Å². The van der Waals surface area contributed by atoms with Crippen LogP contribution in [-0.2, 0) is 11.3 Å². The van der Waals surface area contributed by atoms with Gasteiger partial charge in [-0.2, -0.15) is 0 Å². The van der Waals surface area contributed by atoms with Crippen LogP contribution in [-0.4, -0.2) is 20.5 Å². The second kappa shape index (κ2) is 8.87. The van der Waals surface area contributed by atoms with E-state index in [1.807, 2.05) is 0 Å². The van der Waals surface area contributed by atoms with Crippen molar-refractivity contribution in [1.82, 2.24) is 14.5 Å². The number of aromatic nitrogens is 3. The van der Waals surface area contributed by atoms with Gasteiger partial charge in [-0.05, 0) is 54.6 Å². The SMILES string of the molecule is O=C(OCc1csc(-c2ccc(F)cc2)n1)c1ccc2c(=O)n(-c3ccccc3)c(=O)[nH]c2c1. The van der Waals surface area contributed by atoms with E-state index in [1.54, 1.807) is 47.8 Å². The number of carbonyl (C=O) groups is 1. The summed E-state index contributed by atoms with van der Waals surface area (Å²) in [5.74, 6) is -0.948. The van der Waals surface area contributed by atoms with Gasteiger partial charge in [0.05, 0.1) is 27.8 Å². The van der Waals surface area contributed by atoms with Gasteiger partial charge in [-0.25, -0.2) is 23.5 Å². The van der Waals surface area contributed by atoms with Crippen LogP contribution in [0.2, 0.25) is 0 Å². The molecule has 0 spiro atoms. The normalized spacial score (nSPS) is 11.0. The Morgan fingerprint density at radius 1 is 1.03 bits per heavy atom. The molecule has 1 N–H and O–H groups in total. The van der Waals surface area contributed by atoms with Crippen molar-refractivity contribution in [2.45, 2.75) is 6.61 Å². The fraction of sp³-hybridized carbons (Fsp3) is 0.0400. The average Bonchev–Trinajstić information content (AvgIpc) is 3.32. The lowest BCUT2D eigenvalue weighted by Gasteiger charge is -2.08. The summed E-state index contributed by atoms with van der Waals surface area (Å²) < 4.78 is 19.5. The Labute approximate surface area is 195 Å². The van der Waals surface area contributed by atoms with Gasteiger partial charge in [0, 0.05) is 10.9 Å². The molecular weight excluding hydrogens is 457 g/mol. The largest absolute Gasteiger partial charge is 0.456 e. The van der Waals surface area contributed by atoms with Crippen molar-refractivity contribution in [3.8, 4) is 16.3 Å². The number of hydrogen-bond donors (Lipinski definition) is 1. The molecule has 0 saturated carbocycles. The smallest absolute Gasteiger partial charge is 0.338 e. The second-order valence-corrected chi connectivity index (χ2v) is 8.25. The molecule has 0 atom stereocenters. The molecule has 5 aromatic rings. The van der Waals surface area contributed by atoms with Crippen molar-refractivity contribution in [2.24, 2.45) is 0 Å². The van der Waals surface area contributed by atoms with E-state index in [0.717, 1.165) is 10.1 Å². The number of esters is 1. The molecule has 0 aliphatic carbocycles. The number of thiazole rings is 1. The van der Waals surface area contributed by atoms with E-state index in [0.29, 0.717) is 16.4 Å². The molecule has 0 aliphatic rings. The maximum absolute atomic E-state index is 13.1. The fourth-order valence-corrected chi connectivity index (χ4v) is 4.29. The maximum Gasteiger partial charge on any atom is 0.338 e. The molecule has 2 aromatic heterocycles. The number of rotatable bonds is 5. The monoisotopic (exact) mass is 473 g/mol. The number of benzene rings is 3. The summed E-state index contributed by atoms with van der Waals surface area (Å²) >= 11 is 1.36. The Hall–Kier alpha value is -4.37. The molecule has 34 heavy (non-hydrogen) atoms. The molecule has 0 saturated heterocycles. The van der Waals surface area contributed by atoms with E-state index in [2.05, 4.69) is 9.97 Å². The van der Waals surface area contributed by atoms with Crippen molar-refractivity contribution in [3.63, 3.8) is 0 Å². The summed E-state index contributed by atoms with van der Waals surface area (Å²) in [5, 5.41) is 2.71. The van der Waals surface area contributed by atoms with Crippen molar-refractivity contribution in [1.29, 1.82) is 0 Å². The quantitative estimate of drug-likeness (QED) is 0.384. The number of H-pyrrole nitrogens is 1. The van der Waals surface area contributed by atoms with Crippen molar-refractivity contribution < 1.29 is 13.9 Å². The van der Waals surface area contributed by atoms with Crippen LogP contribution in [0.3, 0.4) is 0 Å². The molecule has 168 valence electrons. The van der Waals surface area contributed by atoms with Gasteiger partial charge in [0.25, 0.3) is 5.56 Å². The third-order valence-electron chi connectivity index (χ3n) is 5.14. The minimum atomic E-state index is -0.619. The number of halogens is 1. The first kappa shape index (κ1) is 21.5. The van der Waals surface area contributed by atoms with Gasteiger partial charge in [-0.3, -0.25) is 4.79 Å². The summed E-state index contributed by atoms with van der Waals surface area (Å²) in [6, 6.07) is 18.9. The summed E-state index contributed by atoms with van der Waals surface area (Å²) in [4.78, 5) is 45.1. The second-order valence-electron chi connectivity index (χ2n) is 7.39. The molecule has 2 heterocycles. The van der Waals surface area contributed by atoms with Gasteiger partial charge in [0.2, 0.25) is 0 Å². The highest BCUT2D eigenvalue weighted by Gasteiger charge is 2.14. The van der Waals surface area contributed by atoms with E-state index in [-0.39, 0.29) is 28.9 Å². The predicted molar refractivity (Wildman–Crippen MR) is 127 cm³/mol. The van der Waals surface area contributed by atoms with Crippen LogP contribution in [0, 0.1) is 5.82 Å². The van der Waals surface area contributed by atoms with Gasteiger partial charge in [0.1, 0.15) is 17.4 Å². The van der Waals surface area contributed by atoms with Crippen molar-refractivity contribution in [3.05, 3.63) is 116 Å². The Balaban J connectivity index is 1.35. The number of nitrogens with one attached hydrogen (secondary N) is 1. The Morgan fingerprint density at radius 2 is 1.79 bits per heavy atom. The van der Waals surface area contributed by atoms with Gasteiger partial charge >= 0.3 is 11.7 Å². The minimum Gasteiger partial charge on any atom is -0.456 e. The first-order valence-corrected chi connectivity index (χ1v) is 11.1. The number of ether oxygens (including phenoxy) is 1. The molecule has 0 radical (unpaired) electrons. The van der Waals surface area contributed by atoms with Crippen LogP contribution in [0.25, 0.3) is 27.2 Å². The zero-order valence-electron chi connectivity index (χ0n) is 17.5. The molecule has 0 aliphatic heterocycles. The summed E-state index contributed by atoms with van der Waals surface area (Å²) in [7, 11) is 0. The highest BCUT2D eigenvalue weighted by molar-refractivity contribution is 7.13. The van der Waals surface area contributed by atoms with E-state index >= 15 is 0 Å². The number of para-hydroxylation sites is 1. The maximum atomic E-state index is 13.1. The summed E-state index contributed by atoms with van der Waals surface area (Å²) in [6.45, 7) is -0.0549. The standard InChI is InChI=1S/C25H16FN3O4S/c26-17-9-6-15(7-10-17)22-27-18(14-34-22)13-33-24(31)16-8-11-20-21(12-16)28-25(32)29(23(20)30)19-4-2-1-3-5-19/h1-12,14H,13H2,(H,28,32). The molecular formula is C25H16FN3O4S. The van der Waals surface area contributed by atoms with Crippen LogP contribution >= 0.6 is 11.3 Å². The Morgan fingerprint density at radius 3 is 2.56 bits per heavy atom. The third-order valence-corrected chi connectivity index (χ3v) is 6.08. The highest BCUT2D eigenvalue weighted by Crippen LogP contribution is 2.24. The number of aromatic amines is 1. The number of fused-ring (bicyclic) bond motifs is 1. The van der Waals surface area contributed by atoms with Crippen LogP contribution in [0.15, 0.2) is 87.8 Å². The van der Waals surface area contributed by atoms with Gasteiger partial charge in [0.15, 0.2) is 0 Å². The molecule has 0 amide bonds. The first-order valence-electron chi connectivity index (χ1n) is 10.2. The minimum absolute atomic E-state index is 0.0549. The number of carbonyl (C=O) groups excluding carboxylic acids is 1. The Bertz CT molecular complexity index is 1620. The zero-order chi connectivity index (χ0) is 23.7. The van der Waals surface area contributed by atoms with Gasteiger partial charge < -0.3 is 9.72 Å². The predicted octanol–water partition coefficient (Wildman–Crippen LogP) is 4.30. The first-order chi connectivity index (χ1) is 16.5. The molecule has 3 aromatic carbocycles. The van der Waals surface area contributed by atoms with Crippen molar-refractivity contribution >= 4 is 28.2 Å². The fourth-order valence-electron chi connectivity index (χ4n) is 3.48. The van der Waals surface area contributed by atoms with Crippen LogP contribution in [0.5, 0.6) is 0 Å². The molecule has 7 nitrogen and oxygen atoms in total. The van der Waals surface area contributed by atoms with Crippen molar-refractivity contribution in [2.75, 3.05) is 0 Å². The molecule has 9 heteroatoms.